The van der Waals surface area contributed by atoms with E-state index >= 15 is 0 Å². The highest BCUT2D eigenvalue weighted by Crippen LogP contribution is 2.15. The van der Waals surface area contributed by atoms with E-state index in [9.17, 15) is 0 Å². The van der Waals surface area contributed by atoms with Crippen LogP contribution in [-0.2, 0) is 12.8 Å². The van der Waals surface area contributed by atoms with Crippen molar-refractivity contribution in [3.8, 4) is 0 Å². The predicted molar refractivity (Wildman–Crippen MR) is 133 cm³/mol. The molecule has 0 amide bonds. The lowest BCUT2D eigenvalue weighted by Crippen LogP contribution is -1.89. The Morgan fingerprint density at radius 2 is 0.621 bits per heavy atom. The molecule has 0 aliphatic carbocycles. The molecule has 1 aromatic carbocycles. The number of hydrogen-bond acceptors (Lipinski definition) is 0. The summed E-state index contributed by atoms with van der Waals surface area (Å²) in [4.78, 5) is 0. The van der Waals surface area contributed by atoms with Crippen molar-refractivity contribution in [2.24, 2.45) is 0 Å². The van der Waals surface area contributed by atoms with Gasteiger partial charge in [0, 0.05) is 0 Å². The fraction of sp³-hybridized carbons (Fsp3) is 0.793. The molecule has 0 saturated heterocycles. The van der Waals surface area contributed by atoms with Crippen molar-refractivity contribution in [2.45, 2.75) is 149 Å². The van der Waals surface area contributed by atoms with Gasteiger partial charge in [0.2, 0.25) is 0 Å². The van der Waals surface area contributed by atoms with Crippen molar-refractivity contribution in [3.05, 3.63) is 35.4 Å². The smallest absolute Gasteiger partial charge is 0.0279 e. The average Bonchev–Trinajstić information content (AvgIpc) is 2.75. The summed E-state index contributed by atoms with van der Waals surface area (Å²) in [5.41, 5.74) is 3.05. The van der Waals surface area contributed by atoms with Gasteiger partial charge in [0.25, 0.3) is 0 Å². The summed E-state index contributed by atoms with van der Waals surface area (Å²) in [7, 11) is 0. The minimum atomic E-state index is 1.25. The van der Waals surface area contributed by atoms with Crippen LogP contribution in [0.2, 0.25) is 0 Å². The van der Waals surface area contributed by atoms with Gasteiger partial charge in [-0.25, -0.2) is 0 Å². The van der Waals surface area contributed by atoms with Crippen molar-refractivity contribution in [3.63, 3.8) is 0 Å². The normalized spacial score (nSPS) is 11.2. The molecule has 1 aromatic rings. The Labute approximate surface area is 184 Å². The van der Waals surface area contributed by atoms with Gasteiger partial charge in [-0.3, -0.25) is 0 Å². The minimum absolute atomic E-state index is 1.25. The molecule has 0 radical (unpaired) electrons. The van der Waals surface area contributed by atoms with E-state index in [0.717, 1.165) is 0 Å². The Kier molecular flexibility index (Phi) is 18.6. The van der Waals surface area contributed by atoms with E-state index in [0.29, 0.717) is 0 Å². The minimum Gasteiger partial charge on any atom is -0.0654 e. The van der Waals surface area contributed by atoms with Gasteiger partial charge >= 0.3 is 0 Å². The van der Waals surface area contributed by atoms with Crippen molar-refractivity contribution in [2.75, 3.05) is 0 Å². The van der Waals surface area contributed by atoms with E-state index < -0.39 is 0 Å². The molecule has 168 valence electrons. The van der Waals surface area contributed by atoms with Crippen LogP contribution < -0.4 is 0 Å². The first-order chi connectivity index (χ1) is 14.4. The molecule has 0 N–H and O–H groups in total. The van der Waals surface area contributed by atoms with Gasteiger partial charge in [-0.15, -0.1) is 0 Å². The molecule has 0 spiro atoms. The summed E-state index contributed by atoms with van der Waals surface area (Å²) >= 11 is 0. The Balaban J connectivity index is 1.79. The molecular formula is C29H52. The Morgan fingerprint density at radius 3 is 0.966 bits per heavy atom. The van der Waals surface area contributed by atoms with Crippen molar-refractivity contribution in [1.29, 1.82) is 0 Å². The zero-order valence-electron chi connectivity index (χ0n) is 20.2. The largest absolute Gasteiger partial charge is 0.0654 e. The van der Waals surface area contributed by atoms with E-state index in [1.165, 1.54) is 146 Å². The Hall–Kier alpha value is -0.780. The molecule has 0 aromatic heterocycles. The van der Waals surface area contributed by atoms with Crippen LogP contribution in [-0.4, -0.2) is 0 Å². The molecule has 0 aliphatic rings. The van der Waals surface area contributed by atoms with Gasteiger partial charge in [-0.2, -0.15) is 0 Å². The van der Waals surface area contributed by atoms with Gasteiger partial charge in [-0.1, -0.05) is 147 Å². The quantitative estimate of drug-likeness (QED) is 0.180. The van der Waals surface area contributed by atoms with Crippen LogP contribution in [0.1, 0.15) is 147 Å². The molecule has 0 nitrogen and oxygen atoms in total. The number of hydrogen-bond donors (Lipinski definition) is 0. The predicted octanol–water partition coefficient (Wildman–Crippen LogP) is 10.2. The topological polar surface area (TPSA) is 0 Å². The second-order valence-electron chi connectivity index (χ2n) is 9.33. The summed E-state index contributed by atoms with van der Waals surface area (Å²) in [6.45, 7) is 4.57. The standard InChI is InChI=1S/C29H52/c1-3-5-7-8-9-10-11-12-13-14-15-16-17-18-19-20-21-23-29-26-24-28(25-27-29)22-6-4-2/h24-27H,3-23H2,1-2H3. The highest BCUT2D eigenvalue weighted by molar-refractivity contribution is 5.22. The molecule has 0 heterocycles. The van der Waals surface area contributed by atoms with Crippen LogP contribution >= 0.6 is 0 Å². The molecule has 0 saturated carbocycles. The van der Waals surface area contributed by atoms with Crippen LogP contribution in [0.15, 0.2) is 24.3 Å². The third-order valence-electron chi connectivity index (χ3n) is 6.41. The summed E-state index contributed by atoms with van der Waals surface area (Å²) in [5.74, 6) is 0. The molecule has 1 rings (SSSR count). The van der Waals surface area contributed by atoms with E-state index in [-0.39, 0.29) is 0 Å². The fourth-order valence-electron chi connectivity index (χ4n) is 4.31. The molecule has 0 bridgehead atoms. The number of aryl methyl sites for hydroxylation is 2. The summed E-state index contributed by atoms with van der Waals surface area (Å²) in [5, 5.41) is 0. The first kappa shape index (κ1) is 26.3. The lowest BCUT2D eigenvalue weighted by atomic mass is 10.0. The van der Waals surface area contributed by atoms with Gasteiger partial charge in [0.1, 0.15) is 0 Å². The molecule has 0 unspecified atom stereocenters. The maximum atomic E-state index is 2.36. The summed E-state index contributed by atoms with van der Waals surface area (Å²) in [6.07, 6.45) is 29.8. The first-order valence-electron chi connectivity index (χ1n) is 13.4. The van der Waals surface area contributed by atoms with E-state index in [2.05, 4.69) is 38.1 Å². The second-order valence-corrected chi connectivity index (χ2v) is 9.33. The lowest BCUT2D eigenvalue weighted by molar-refractivity contribution is 0.527. The lowest BCUT2D eigenvalue weighted by Gasteiger charge is -2.05. The second kappa shape index (κ2) is 20.5. The highest BCUT2D eigenvalue weighted by atomic mass is 14.0. The van der Waals surface area contributed by atoms with Crippen LogP contribution in [0.3, 0.4) is 0 Å². The number of benzene rings is 1. The van der Waals surface area contributed by atoms with Crippen molar-refractivity contribution >= 4 is 0 Å². The molecular weight excluding hydrogens is 348 g/mol. The zero-order chi connectivity index (χ0) is 20.8. The maximum absolute atomic E-state index is 2.36. The Morgan fingerprint density at radius 1 is 0.345 bits per heavy atom. The molecule has 0 fully saturated rings. The summed E-state index contributed by atoms with van der Waals surface area (Å²) in [6, 6.07) is 9.41. The maximum Gasteiger partial charge on any atom is -0.0279 e. The average molecular weight is 401 g/mol. The van der Waals surface area contributed by atoms with E-state index in [4.69, 9.17) is 0 Å². The van der Waals surface area contributed by atoms with E-state index in [1.54, 1.807) is 0 Å². The fourth-order valence-corrected chi connectivity index (χ4v) is 4.31. The molecule has 29 heavy (non-hydrogen) atoms. The van der Waals surface area contributed by atoms with Crippen LogP contribution in [0.25, 0.3) is 0 Å². The first-order valence-corrected chi connectivity index (χ1v) is 13.4. The van der Waals surface area contributed by atoms with Gasteiger partial charge < -0.3 is 0 Å². The SMILES string of the molecule is CCCCCCCCCCCCCCCCCCCc1ccc(CCCC)cc1. The van der Waals surface area contributed by atoms with Crippen LogP contribution in [0.5, 0.6) is 0 Å². The van der Waals surface area contributed by atoms with Gasteiger partial charge in [0.05, 0.1) is 0 Å². The monoisotopic (exact) mass is 400 g/mol. The van der Waals surface area contributed by atoms with Crippen molar-refractivity contribution in [1.82, 2.24) is 0 Å². The third kappa shape index (κ3) is 16.7. The van der Waals surface area contributed by atoms with Crippen LogP contribution in [0.4, 0.5) is 0 Å². The van der Waals surface area contributed by atoms with Gasteiger partial charge in [0.15, 0.2) is 0 Å². The highest BCUT2D eigenvalue weighted by Gasteiger charge is 1.97. The molecule has 0 atom stereocenters. The zero-order valence-corrected chi connectivity index (χ0v) is 20.2. The van der Waals surface area contributed by atoms with Crippen molar-refractivity contribution < 1.29 is 0 Å². The number of unbranched alkanes of at least 4 members (excludes halogenated alkanes) is 17. The molecule has 0 heteroatoms. The van der Waals surface area contributed by atoms with E-state index in [1.807, 2.05) is 0 Å². The van der Waals surface area contributed by atoms with Gasteiger partial charge in [-0.05, 0) is 36.8 Å². The number of rotatable bonds is 21. The summed E-state index contributed by atoms with van der Waals surface area (Å²) < 4.78 is 0. The molecule has 0 aliphatic heterocycles. The van der Waals surface area contributed by atoms with Crippen LogP contribution in [0, 0.1) is 0 Å². The Bertz CT molecular complexity index is 430. The third-order valence-corrected chi connectivity index (χ3v) is 6.41.